The van der Waals surface area contributed by atoms with Gasteiger partial charge in [-0.05, 0) is 6.92 Å². The molecule has 6 nitrogen and oxygen atoms in total. The van der Waals surface area contributed by atoms with Crippen LogP contribution in [0.4, 0.5) is 0 Å². The van der Waals surface area contributed by atoms with Crippen molar-refractivity contribution < 1.29 is 19.2 Å². The number of carbonyl (C=O) groups is 2. The van der Waals surface area contributed by atoms with Crippen LogP contribution in [0.15, 0.2) is 5.16 Å². The lowest BCUT2D eigenvalue weighted by Crippen LogP contribution is -2.12. The molecule has 6 heteroatoms. The number of carbonyl (C=O) groups excluding carboxylic acids is 2. The quantitative estimate of drug-likeness (QED) is 0.289. The fourth-order valence-electron chi connectivity index (χ4n) is 0.518. The van der Waals surface area contributed by atoms with Crippen LogP contribution in [0.25, 0.3) is 0 Å². The number of hydrogen-bond donors (Lipinski definition) is 1. The van der Waals surface area contributed by atoms with Crippen LogP contribution in [0.2, 0.25) is 0 Å². The average Bonchev–Trinajstić information content (AvgIpc) is 2.22. The van der Waals surface area contributed by atoms with Gasteiger partial charge in [-0.25, -0.2) is 4.79 Å². The van der Waals surface area contributed by atoms with Gasteiger partial charge in [-0.2, -0.15) is 0 Å². The smallest absolute Gasteiger partial charge is 0.335 e. The third-order valence-corrected chi connectivity index (χ3v) is 1.36. The fraction of sp³-hybridized carbons (Fsp3) is 0.625. The number of nitrogens with zero attached hydrogens (tertiary/aromatic N) is 1. The molecule has 0 aromatic heterocycles. The summed E-state index contributed by atoms with van der Waals surface area (Å²) in [6.45, 7) is 1.86. The van der Waals surface area contributed by atoms with Crippen LogP contribution in [0.1, 0.15) is 19.8 Å². The van der Waals surface area contributed by atoms with Crippen molar-refractivity contribution in [1.82, 2.24) is 0 Å². The molecule has 0 aliphatic carbocycles. The summed E-state index contributed by atoms with van der Waals surface area (Å²) in [4.78, 5) is 26.0. The molecule has 0 aromatic carbocycles. The van der Waals surface area contributed by atoms with Crippen LogP contribution in [0, 0.1) is 0 Å². The van der Waals surface area contributed by atoms with E-state index in [1.807, 2.05) is 0 Å². The minimum atomic E-state index is -0.580. The molecule has 0 atom stereocenters. The van der Waals surface area contributed by atoms with Gasteiger partial charge in [0, 0.05) is 6.54 Å². The van der Waals surface area contributed by atoms with Gasteiger partial charge >= 0.3 is 11.9 Å². The highest BCUT2D eigenvalue weighted by molar-refractivity contribution is 5.84. The first-order chi connectivity index (χ1) is 6.60. The maximum Gasteiger partial charge on any atom is 0.335 e. The summed E-state index contributed by atoms with van der Waals surface area (Å²) in [7, 11) is 1.25. The lowest BCUT2D eigenvalue weighted by molar-refractivity contribution is -0.148. The van der Waals surface area contributed by atoms with Crippen molar-refractivity contribution >= 4 is 17.7 Å². The molecule has 0 rings (SSSR count). The van der Waals surface area contributed by atoms with Gasteiger partial charge in [0.2, 0.25) is 0 Å². The lowest BCUT2D eigenvalue weighted by atomic mass is 10.3. The van der Waals surface area contributed by atoms with Crippen molar-refractivity contribution in [3.63, 3.8) is 0 Å². The first kappa shape index (κ1) is 12.6. The van der Waals surface area contributed by atoms with Crippen molar-refractivity contribution in [3.8, 4) is 0 Å². The largest absolute Gasteiger partial charge is 0.469 e. The molecule has 14 heavy (non-hydrogen) atoms. The first-order valence-corrected chi connectivity index (χ1v) is 4.10. The Morgan fingerprint density at radius 1 is 1.29 bits per heavy atom. The second kappa shape index (κ2) is 7.02. The monoisotopic (exact) mass is 202 g/mol. The van der Waals surface area contributed by atoms with Crippen molar-refractivity contribution in [3.05, 3.63) is 0 Å². The van der Waals surface area contributed by atoms with E-state index < -0.39 is 11.9 Å². The first-order valence-electron chi connectivity index (χ1n) is 4.10. The van der Waals surface area contributed by atoms with Gasteiger partial charge in [0.05, 0.1) is 25.7 Å². The molecule has 0 bridgehead atoms. The number of rotatable bonds is 5. The molecule has 0 amide bonds. The zero-order valence-electron chi connectivity index (χ0n) is 8.28. The summed E-state index contributed by atoms with van der Waals surface area (Å²) in [5.74, 6) is -1.04. The minimum absolute atomic E-state index is 0.00741. The van der Waals surface area contributed by atoms with Crippen LogP contribution in [0.3, 0.4) is 0 Å². The van der Waals surface area contributed by atoms with Crippen LogP contribution >= 0.6 is 0 Å². The minimum Gasteiger partial charge on any atom is -0.469 e. The van der Waals surface area contributed by atoms with Gasteiger partial charge in [0.25, 0.3) is 0 Å². The second-order valence-electron chi connectivity index (χ2n) is 2.57. The molecular weight excluding hydrogens is 188 g/mol. The van der Waals surface area contributed by atoms with Crippen LogP contribution in [-0.2, 0) is 19.2 Å². The lowest BCUT2D eigenvalue weighted by Gasteiger charge is -1.98. The molecule has 0 aliphatic heterocycles. The highest BCUT2D eigenvalue weighted by Gasteiger charge is 2.07. The van der Waals surface area contributed by atoms with Gasteiger partial charge in [0.1, 0.15) is 0 Å². The SMILES string of the molecule is COC(=O)CCC(=O)O/N=C(/C)CN. The number of hydrogen-bond acceptors (Lipinski definition) is 6. The highest BCUT2D eigenvalue weighted by atomic mass is 16.7. The Hall–Kier alpha value is -1.43. The zero-order valence-corrected chi connectivity index (χ0v) is 8.28. The molecule has 0 saturated heterocycles. The molecule has 0 spiro atoms. The summed E-state index contributed by atoms with van der Waals surface area (Å²) < 4.78 is 4.34. The van der Waals surface area contributed by atoms with E-state index in [2.05, 4.69) is 14.7 Å². The van der Waals surface area contributed by atoms with Crippen LogP contribution in [0.5, 0.6) is 0 Å². The molecule has 2 N–H and O–H groups in total. The molecule has 0 fully saturated rings. The normalized spacial score (nSPS) is 10.9. The van der Waals surface area contributed by atoms with Crippen molar-refractivity contribution in [2.45, 2.75) is 19.8 Å². The van der Waals surface area contributed by atoms with E-state index in [0.29, 0.717) is 5.71 Å². The van der Waals surface area contributed by atoms with E-state index in [1.54, 1.807) is 6.92 Å². The maximum atomic E-state index is 10.9. The molecule has 0 heterocycles. The van der Waals surface area contributed by atoms with Crippen molar-refractivity contribution in [2.24, 2.45) is 10.9 Å². The molecule has 0 radical (unpaired) electrons. The van der Waals surface area contributed by atoms with Crippen molar-refractivity contribution in [1.29, 1.82) is 0 Å². The number of methoxy groups -OCH3 is 1. The predicted molar refractivity (Wildman–Crippen MR) is 49.5 cm³/mol. The van der Waals surface area contributed by atoms with Gasteiger partial charge in [-0.1, -0.05) is 5.16 Å². The Balaban J connectivity index is 3.71. The molecule has 0 unspecified atom stereocenters. The van der Waals surface area contributed by atoms with E-state index in [9.17, 15) is 9.59 Å². The summed E-state index contributed by atoms with van der Waals surface area (Å²) >= 11 is 0. The third-order valence-electron chi connectivity index (χ3n) is 1.36. The van der Waals surface area contributed by atoms with Gasteiger partial charge in [-0.15, -0.1) is 0 Å². The Kier molecular flexibility index (Phi) is 6.30. The Bertz CT molecular complexity index is 237. The summed E-state index contributed by atoms with van der Waals surface area (Å²) in [5.41, 5.74) is 5.72. The van der Waals surface area contributed by atoms with Gasteiger partial charge in [-0.3, -0.25) is 4.79 Å². The van der Waals surface area contributed by atoms with E-state index in [-0.39, 0.29) is 19.4 Å². The number of nitrogens with two attached hydrogens (primary N) is 1. The standard InChI is InChI=1S/C8H14N2O4/c1-6(5-9)10-14-8(12)4-3-7(11)13-2/h3-5,9H2,1-2H3/b10-6-. The van der Waals surface area contributed by atoms with Crippen LogP contribution in [-0.4, -0.2) is 31.3 Å². The number of oxime groups is 1. The molecule has 0 aliphatic rings. The average molecular weight is 202 g/mol. The topological polar surface area (TPSA) is 91.0 Å². The molecule has 0 aromatic rings. The third kappa shape index (κ3) is 6.13. The van der Waals surface area contributed by atoms with E-state index >= 15 is 0 Å². The van der Waals surface area contributed by atoms with Gasteiger partial charge in [0.15, 0.2) is 0 Å². The van der Waals surface area contributed by atoms with E-state index in [0.717, 1.165) is 0 Å². The van der Waals surface area contributed by atoms with Crippen molar-refractivity contribution in [2.75, 3.05) is 13.7 Å². The predicted octanol–water partition coefficient (Wildman–Crippen LogP) is -0.183. The van der Waals surface area contributed by atoms with Crippen LogP contribution < -0.4 is 5.73 Å². The molecule has 80 valence electrons. The highest BCUT2D eigenvalue weighted by Crippen LogP contribution is 1.95. The summed E-state index contributed by atoms with van der Waals surface area (Å²) in [5, 5.41) is 3.44. The number of esters is 1. The Labute approximate surface area is 82.0 Å². The number of ether oxygens (including phenoxy) is 1. The Morgan fingerprint density at radius 2 is 1.86 bits per heavy atom. The fourth-order valence-corrected chi connectivity index (χ4v) is 0.518. The van der Waals surface area contributed by atoms with E-state index in [1.165, 1.54) is 7.11 Å². The van der Waals surface area contributed by atoms with Gasteiger partial charge < -0.3 is 15.3 Å². The maximum absolute atomic E-state index is 10.9. The Morgan fingerprint density at radius 3 is 2.36 bits per heavy atom. The second-order valence-corrected chi connectivity index (χ2v) is 2.57. The van der Waals surface area contributed by atoms with E-state index in [4.69, 9.17) is 5.73 Å². The summed E-state index contributed by atoms with van der Waals surface area (Å²) in [6.07, 6.45) is -0.0550. The summed E-state index contributed by atoms with van der Waals surface area (Å²) in [6, 6.07) is 0. The molecular formula is C8H14N2O4. The zero-order chi connectivity index (χ0) is 11.0. The molecule has 0 saturated carbocycles.